The number of likely N-dealkylation sites (tertiary alicyclic amines) is 1. The molecule has 0 aromatic carbocycles. The molecule has 0 unspecified atom stereocenters. The highest BCUT2D eigenvalue weighted by Gasteiger charge is 2.32. The van der Waals surface area contributed by atoms with E-state index in [1.807, 2.05) is 12.1 Å². The Labute approximate surface area is 108 Å². The van der Waals surface area contributed by atoms with Gasteiger partial charge in [-0.15, -0.1) is 16.4 Å². The molecule has 3 rings (SSSR count). The van der Waals surface area contributed by atoms with Crippen molar-refractivity contribution in [3.05, 3.63) is 34.9 Å². The molecule has 0 saturated carbocycles. The topological polar surface area (TPSA) is 71.0 Å². The molecule has 0 aliphatic carbocycles. The Morgan fingerprint density at radius 2 is 2.39 bits per heavy atom. The monoisotopic (exact) mass is 261 g/mol. The maximum atomic E-state index is 11.9. The van der Waals surface area contributed by atoms with Crippen LogP contribution in [0.3, 0.4) is 0 Å². The molecule has 1 fully saturated rings. The lowest BCUT2D eigenvalue weighted by molar-refractivity contribution is 0.0619. The second kappa shape index (κ2) is 4.69. The first kappa shape index (κ1) is 11.1. The first-order chi connectivity index (χ1) is 8.83. The fourth-order valence-electron chi connectivity index (χ4n) is 1.80. The molecule has 1 N–H and O–H groups in total. The number of carbonyl (C=O) groups excluding carboxylic acids is 1. The van der Waals surface area contributed by atoms with Crippen LogP contribution in [0.25, 0.3) is 0 Å². The largest absolute Gasteiger partial charge is 0.362 e. The van der Waals surface area contributed by atoms with Gasteiger partial charge in [0.05, 0.1) is 11.6 Å². The summed E-state index contributed by atoms with van der Waals surface area (Å²) in [6.45, 7) is 1.35. The van der Waals surface area contributed by atoms with Crippen molar-refractivity contribution in [1.82, 2.24) is 20.1 Å². The van der Waals surface area contributed by atoms with E-state index >= 15 is 0 Å². The lowest BCUT2D eigenvalue weighted by atomic mass is 10.1. The molecule has 6 nitrogen and oxygen atoms in total. The Morgan fingerprint density at radius 1 is 1.50 bits per heavy atom. The summed E-state index contributed by atoms with van der Waals surface area (Å²) in [5, 5.41) is 12.7. The van der Waals surface area contributed by atoms with Gasteiger partial charge in [0.1, 0.15) is 11.5 Å². The summed E-state index contributed by atoms with van der Waals surface area (Å²) in [4.78, 5) is 17.7. The molecule has 0 bridgehead atoms. The maximum absolute atomic E-state index is 11.9. The Kier molecular flexibility index (Phi) is 2.89. The van der Waals surface area contributed by atoms with Gasteiger partial charge in [-0.3, -0.25) is 4.79 Å². The molecule has 1 aliphatic rings. The normalized spacial score (nSPS) is 15.2. The van der Waals surface area contributed by atoms with Crippen LogP contribution in [0.5, 0.6) is 0 Å². The van der Waals surface area contributed by atoms with E-state index in [4.69, 9.17) is 0 Å². The third-order valence-electron chi connectivity index (χ3n) is 2.74. The Morgan fingerprint density at radius 3 is 3.06 bits per heavy atom. The number of rotatable bonds is 3. The molecule has 92 valence electrons. The van der Waals surface area contributed by atoms with E-state index in [9.17, 15) is 4.79 Å². The summed E-state index contributed by atoms with van der Waals surface area (Å²) in [5.74, 6) is 0.733. The molecule has 0 atom stereocenters. The summed E-state index contributed by atoms with van der Waals surface area (Å²) < 4.78 is 0. The van der Waals surface area contributed by atoms with E-state index in [-0.39, 0.29) is 11.9 Å². The van der Waals surface area contributed by atoms with Crippen molar-refractivity contribution in [2.45, 2.75) is 6.04 Å². The third kappa shape index (κ3) is 2.17. The lowest BCUT2D eigenvalue weighted by Gasteiger charge is -2.39. The van der Waals surface area contributed by atoms with Gasteiger partial charge in [-0.05, 0) is 12.1 Å². The SMILES string of the molecule is O=C(c1cscn1)N1CC(Nc2cccnn2)C1. The van der Waals surface area contributed by atoms with E-state index < -0.39 is 0 Å². The van der Waals surface area contributed by atoms with Gasteiger partial charge in [-0.25, -0.2) is 4.98 Å². The predicted molar refractivity (Wildman–Crippen MR) is 67.5 cm³/mol. The van der Waals surface area contributed by atoms with Crippen LogP contribution < -0.4 is 5.32 Å². The van der Waals surface area contributed by atoms with Crippen LogP contribution in [0, 0.1) is 0 Å². The van der Waals surface area contributed by atoms with E-state index in [2.05, 4.69) is 20.5 Å². The van der Waals surface area contributed by atoms with Gasteiger partial charge in [-0.1, -0.05) is 0 Å². The van der Waals surface area contributed by atoms with Crippen LogP contribution in [0.2, 0.25) is 0 Å². The zero-order chi connectivity index (χ0) is 12.4. The molecule has 1 amide bonds. The van der Waals surface area contributed by atoms with E-state index in [0.717, 1.165) is 5.82 Å². The van der Waals surface area contributed by atoms with Gasteiger partial charge >= 0.3 is 0 Å². The second-order valence-electron chi connectivity index (χ2n) is 4.03. The minimum absolute atomic E-state index is 0.00607. The number of thiazole rings is 1. The highest BCUT2D eigenvalue weighted by Crippen LogP contribution is 2.16. The molecule has 7 heteroatoms. The summed E-state index contributed by atoms with van der Waals surface area (Å²) in [7, 11) is 0. The summed E-state index contributed by atoms with van der Waals surface area (Å²) in [6, 6.07) is 3.92. The number of hydrogen-bond acceptors (Lipinski definition) is 6. The molecule has 0 radical (unpaired) electrons. The van der Waals surface area contributed by atoms with Gasteiger partial charge in [-0.2, -0.15) is 5.10 Å². The van der Waals surface area contributed by atoms with Crippen molar-refractivity contribution in [2.24, 2.45) is 0 Å². The number of aromatic nitrogens is 3. The average Bonchev–Trinajstić information content (AvgIpc) is 2.87. The van der Waals surface area contributed by atoms with Crippen LogP contribution in [0.4, 0.5) is 5.82 Å². The molecular weight excluding hydrogens is 250 g/mol. The number of nitrogens with zero attached hydrogens (tertiary/aromatic N) is 4. The highest BCUT2D eigenvalue weighted by molar-refractivity contribution is 7.07. The van der Waals surface area contributed by atoms with Crippen molar-refractivity contribution in [2.75, 3.05) is 18.4 Å². The van der Waals surface area contributed by atoms with E-state index in [1.54, 1.807) is 22.0 Å². The number of carbonyl (C=O) groups is 1. The molecular formula is C11H11N5OS. The fourth-order valence-corrected chi connectivity index (χ4v) is 2.33. The molecule has 0 spiro atoms. The maximum Gasteiger partial charge on any atom is 0.273 e. The summed E-state index contributed by atoms with van der Waals surface area (Å²) in [6.07, 6.45) is 1.63. The Balaban J connectivity index is 1.53. The molecule has 2 aromatic heterocycles. The lowest BCUT2D eigenvalue weighted by Crippen LogP contribution is -2.57. The molecule has 18 heavy (non-hydrogen) atoms. The fraction of sp³-hybridized carbons (Fsp3) is 0.273. The smallest absolute Gasteiger partial charge is 0.273 e. The van der Waals surface area contributed by atoms with Crippen LogP contribution in [-0.4, -0.2) is 45.1 Å². The van der Waals surface area contributed by atoms with Crippen molar-refractivity contribution in [1.29, 1.82) is 0 Å². The number of anilines is 1. The van der Waals surface area contributed by atoms with Crippen LogP contribution >= 0.6 is 11.3 Å². The van der Waals surface area contributed by atoms with Gasteiger partial charge in [0, 0.05) is 24.7 Å². The average molecular weight is 261 g/mol. The van der Waals surface area contributed by atoms with Crippen molar-refractivity contribution >= 4 is 23.1 Å². The first-order valence-corrected chi connectivity index (χ1v) is 6.49. The predicted octanol–water partition coefficient (Wildman–Crippen LogP) is 0.870. The summed E-state index contributed by atoms with van der Waals surface area (Å²) in [5.41, 5.74) is 2.19. The molecule has 1 aliphatic heterocycles. The minimum Gasteiger partial charge on any atom is -0.362 e. The van der Waals surface area contributed by atoms with Crippen LogP contribution in [0.15, 0.2) is 29.2 Å². The third-order valence-corrected chi connectivity index (χ3v) is 3.33. The van der Waals surface area contributed by atoms with Gasteiger partial charge in [0.2, 0.25) is 0 Å². The first-order valence-electron chi connectivity index (χ1n) is 5.54. The Hall–Kier alpha value is -2.02. The zero-order valence-corrected chi connectivity index (χ0v) is 10.3. The molecule has 3 heterocycles. The zero-order valence-electron chi connectivity index (χ0n) is 9.48. The second-order valence-corrected chi connectivity index (χ2v) is 4.75. The van der Waals surface area contributed by atoms with Gasteiger partial charge in [0.25, 0.3) is 5.91 Å². The number of hydrogen-bond donors (Lipinski definition) is 1. The van der Waals surface area contributed by atoms with E-state index in [1.165, 1.54) is 11.3 Å². The van der Waals surface area contributed by atoms with Crippen LogP contribution in [0.1, 0.15) is 10.5 Å². The number of amides is 1. The Bertz CT molecular complexity index is 524. The van der Waals surface area contributed by atoms with E-state index in [0.29, 0.717) is 18.8 Å². The van der Waals surface area contributed by atoms with Gasteiger partial charge < -0.3 is 10.2 Å². The quantitative estimate of drug-likeness (QED) is 0.887. The van der Waals surface area contributed by atoms with Crippen molar-refractivity contribution in [3.63, 3.8) is 0 Å². The minimum atomic E-state index is -0.00607. The van der Waals surface area contributed by atoms with Crippen molar-refractivity contribution in [3.8, 4) is 0 Å². The molecule has 1 saturated heterocycles. The van der Waals surface area contributed by atoms with Gasteiger partial charge in [0.15, 0.2) is 0 Å². The number of nitrogens with one attached hydrogen (secondary N) is 1. The van der Waals surface area contributed by atoms with Crippen LogP contribution in [-0.2, 0) is 0 Å². The summed E-state index contributed by atoms with van der Waals surface area (Å²) >= 11 is 1.43. The standard InChI is InChI=1S/C11H11N5OS/c17-11(9-6-18-7-12-9)16-4-8(5-16)14-10-2-1-3-13-15-10/h1-3,6-8H,4-5H2,(H,14,15). The molecule has 2 aromatic rings. The highest BCUT2D eigenvalue weighted by atomic mass is 32.1. The van der Waals surface area contributed by atoms with Crippen molar-refractivity contribution < 1.29 is 4.79 Å².